The van der Waals surface area contributed by atoms with E-state index in [9.17, 15) is 18.0 Å². The monoisotopic (exact) mass is 319 g/mol. The highest BCUT2D eigenvalue weighted by atomic mass is 32.2. The lowest BCUT2D eigenvalue weighted by Gasteiger charge is -2.17. The fraction of sp³-hybridized carbons (Fsp3) is 0. The van der Waals surface area contributed by atoms with E-state index >= 15 is 0 Å². The van der Waals surface area contributed by atoms with E-state index in [1.165, 1.54) is 24.3 Å². The van der Waals surface area contributed by atoms with E-state index in [4.69, 9.17) is 11.1 Å². The second-order valence-corrected chi connectivity index (χ2v) is 5.24. The second kappa shape index (κ2) is 5.58. The molecule has 1 aromatic rings. The van der Waals surface area contributed by atoms with Crippen molar-refractivity contribution < 1.29 is 18.0 Å². The minimum Gasteiger partial charge on any atom is -0.289 e. The van der Waals surface area contributed by atoms with Gasteiger partial charge in [0.15, 0.2) is 5.78 Å². The SMILES string of the molecule is [N-]=[N+]=NN(C1=CC(=O)c2ccccc2C1=O)S(=O)(=O)N=[N+]=[N-]. The Morgan fingerprint density at radius 2 is 1.68 bits per heavy atom. The summed E-state index contributed by atoms with van der Waals surface area (Å²) in [6.07, 6.45) is 0.698. The van der Waals surface area contributed by atoms with Gasteiger partial charge in [-0.25, -0.2) is 0 Å². The van der Waals surface area contributed by atoms with Gasteiger partial charge in [0, 0.05) is 27.3 Å². The summed E-state index contributed by atoms with van der Waals surface area (Å²) in [6, 6.07) is 5.72. The van der Waals surface area contributed by atoms with Crippen molar-refractivity contribution in [2.75, 3.05) is 0 Å². The van der Waals surface area contributed by atoms with E-state index in [0.717, 1.165) is 0 Å². The number of nitrogens with zero attached hydrogens (tertiary/aromatic N) is 7. The molecule has 1 aromatic carbocycles. The third-order valence-electron chi connectivity index (χ3n) is 2.62. The molecule has 0 N–H and O–H groups in total. The Labute approximate surface area is 122 Å². The fourth-order valence-electron chi connectivity index (χ4n) is 1.78. The van der Waals surface area contributed by atoms with Crippen LogP contribution in [0.25, 0.3) is 20.9 Å². The first kappa shape index (κ1) is 15.1. The van der Waals surface area contributed by atoms with Gasteiger partial charge < -0.3 is 0 Å². The summed E-state index contributed by atoms with van der Waals surface area (Å²) in [4.78, 5) is 28.6. The summed E-state index contributed by atoms with van der Waals surface area (Å²) in [5, 5.41) is 2.82. The van der Waals surface area contributed by atoms with E-state index in [2.05, 4.69) is 19.6 Å². The zero-order valence-electron chi connectivity index (χ0n) is 10.6. The van der Waals surface area contributed by atoms with Crippen LogP contribution in [0.15, 0.2) is 45.8 Å². The van der Waals surface area contributed by atoms with Crippen LogP contribution in [0.1, 0.15) is 20.7 Å². The summed E-state index contributed by atoms with van der Waals surface area (Å²) in [6.45, 7) is 0. The van der Waals surface area contributed by atoms with Crippen LogP contribution in [0, 0.1) is 0 Å². The number of hydrogen-bond donors (Lipinski definition) is 0. The zero-order chi connectivity index (χ0) is 16.3. The van der Waals surface area contributed by atoms with Gasteiger partial charge in [-0.05, 0) is 5.53 Å². The van der Waals surface area contributed by atoms with Crippen molar-refractivity contribution in [3.05, 3.63) is 68.1 Å². The maximum absolute atomic E-state index is 12.3. The maximum Gasteiger partial charge on any atom is 0.402 e. The average molecular weight is 319 g/mol. The quantitative estimate of drug-likeness (QED) is 0.358. The largest absolute Gasteiger partial charge is 0.402 e. The standard InChI is InChI=1S/C10H5N7O4S/c11-13-15-17(22(20,21)16-14-12)8-5-9(18)6-3-1-2-4-7(6)10(8)19/h1-5H. The van der Waals surface area contributed by atoms with Crippen molar-refractivity contribution >= 4 is 21.8 Å². The van der Waals surface area contributed by atoms with E-state index in [0.29, 0.717) is 6.08 Å². The number of azide groups is 2. The molecule has 0 radical (unpaired) electrons. The van der Waals surface area contributed by atoms with Crippen LogP contribution < -0.4 is 0 Å². The summed E-state index contributed by atoms with van der Waals surface area (Å²) in [5.41, 5.74) is 16.0. The Balaban J connectivity index is 2.65. The number of ketones is 2. The first-order chi connectivity index (χ1) is 10.4. The van der Waals surface area contributed by atoms with Crippen molar-refractivity contribution in [3.63, 3.8) is 0 Å². The molecule has 0 heterocycles. The maximum atomic E-state index is 12.3. The van der Waals surface area contributed by atoms with Gasteiger partial charge in [0.2, 0.25) is 11.5 Å². The third kappa shape index (κ3) is 2.47. The van der Waals surface area contributed by atoms with Gasteiger partial charge in [0.1, 0.15) is 0 Å². The molecule has 0 saturated carbocycles. The van der Waals surface area contributed by atoms with Crippen LogP contribution in [0.4, 0.5) is 0 Å². The number of allylic oxidation sites excluding steroid dienone is 2. The molecule has 0 unspecified atom stereocenters. The van der Waals surface area contributed by atoms with E-state index < -0.39 is 27.5 Å². The van der Waals surface area contributed by atoms with Gasteiger partial charge >= 0.3 is 10.2 Å². The molecule has 0 atom stereocenters. The molecule has 0 bridgehead atoms. The number of carbonyl (C=O) groups excluding carboxylic acids is 2. The average Bonchev–Trinajstić information content (AvgIpc) is 2.49. The molecule has 2 rings (SSSR count). The van der Waals surface area contributed by atoms with Crippen LogP contribution >= 0.6 is 0 Å². The van der Waals surface area contributed by atoms with Crippen molar-refractivity contribution in [1.29, 1.82) is 0 Å². The molecular weight excluding hydrogens is 314 g/mol. The van der Waals surface area contributed by atoms with E-state index in [1.54, 1.807) is 0 Å². The Kier molecular flexibility index (Phi) is 3.82. The molecule has 22 heavy (non-hydrogen) atoms. The molecule has 0 aliphatic heterocycles. The summed E-state index contributed by atoms with van der Waals surface area (Å²) < 4.78 is 25.8. The third-order valence-corrected chi connectivity index (χ3v) is 3.61. The molecule has 110 valence electrons. The Morgan fingerprint density at radius 3 is 2.27 bits per heavy atom. The highest BCUT2D eigenvalue weighted by Gasteiger charge is 2.37. The smallest absolute Gasteiger partial charge is 0.289 e. The molecule has 0 amide bonds. The topological polar surface area (TPSA) is 169 Å². The van der Waals surface area contributed by atoms with Gasteiger partial charge in [-0.2, -0.15) is 13.3 Å². The molecule has 1 aliphatic carbocycles. The van der Waals surface area contributed by atoms with Gasteiger partial charge in [-0.15, -0.1) is 5.53 Å². The molecule has 0 spiro atoms. The number of Topliss-reactive ketones (excluding diaryl/α,β-unsaturated/α-hetero) is 1. The van der Waals surface area contributed by atoms with Gasteiger partial charge in [-0.1, -0.05) is 28.7 Å². The van der Waals surface area contributed by atoms with Crippen molar-refractivity contribution in [2.45, 2.75) is 0 Å². The second-order valence-electron chi connectivity index (χ2n) is 3.84. The minimum atomic E-state index is -4.81. The van der Waals surface area contributed by atoms with E-state index in [1.807, 2.05) is 0 Å². The molecule has 11 nitrogen and oxygen atoms in total. The predicted octanol–water partition coefficient (Wildman–Crippen LogP) is 2.03. The van der Waals surface area contributed by atoms with E-state index in [-0.39, 0.29) is 15.5 Å². The lowest BCUT2D eigenvalue weighted by Crippen LogP contribution is -2.31. The minimum absolute atomic E-state index is 0.0562. The normalized spacial score (nSPS) is 13.4. The number of fused-ring (bicyclic) bond motifs is 1. The predicted molar refractivity (Wildman–Crippen MR) is 72.2 cm³/mol. The Bertz CT molecular complexity index is 907. The number of carbonyl (C=O) groups is 2. The Hall–Kier alpha value is -3.33. The highest BCUT2D eigenvalue weighted by Crippen LogP contribution is 2.26. The number of rotatable bonds is 4. The lowest BCUT2D eigenvalue weighted by atomic mass is 9.93. The molecular formula is C10H5N7O4S. The molecule has 0 aromatic heterocycles. The Morgan fingerprint density at radius 1 is 1.05 bits per heavy atom. The van der Waals surface area contributed by atoms with Gasteiger partial charge in [0.05, 0.1) is 4.52 Å². The molecule has 0 saturated heterocycles. The number of hydrogen-bond acceptors (Lipinski definition) is 5. The zero-order valence-corrected chi connectivity index (χ0v) is 11.4. The van der Waals surface area contributed by atoms with Crippen molar-refractivity contribution in [1.82, 2.24) is 4.41 Å². The molecule has 12 heteroatoms. The fourth-order valence-corrected chi connectivity index (χ4v) is 2.45. The number of benzene rings is 1. The molecule has 0 fully saturated rings. The summed E-state index contributed by atoms with van der Waals surface area (Å²) in [7, 11) is -4.81. The van der Waals surface area contributed by atoms with Gasteiger partial charge in [-0.3, -0.25) is 9.59 Å². The molecule has 1 aliphatic rings. The van der Waals surface area contributed by atoms with Crippen molar-refractivity contribution in [3.8, 4) is 0 Å². The first-order valence-electron chi connectivity index (χ1n) is 5.49. The first-order valence-corrected chi connectivity index (χ1v) is 6.88. The van der Waals surface area contributed by atoms with Crippen molar-refractivity contribution in [2.24, 2.45) is 9.74 Å². The van der Waals surface area contributed by atoms with Crippen LogP contribution in [-0.4, -0.2) is 24.4 Å². The van der Waals surface area contributed by atoms with Crippen LogP contribution in [-0.2, 0) is 10.2 Å². The van der Waals surface area contributed by atoms with Crippen LogP contribution in [0.2, 0.25) is 0 Å². The lowest BCUT2D eigenvalue weighted by molar-refractivity contribution is 0.0967. The van der Waals surface area contributed by atoms with Gasteiger partial charge in [0.25, 0.3) is 0 Å². The summed E-state index contributed by atoms with van der Waals surface area (Å²) in [5.74, 6) is -1.52. The van der Waals surface area contributed by atoms with Crippen LogP contribution in [0.3, 0.4) is 0 Å². The van der Waals surface area contributed by atoms with Crippen LogP contribution in [0.5, 0.6) is 0 Å². The highest BCUT2D eigenvalue weighted by molar-refractivity contribution is 7.87. The summed E-state index contributed by atoms with van der Waals surface area (Å²) >= 11 is 0.